The van der Waals surface area contributed by atoms with Crippen LogP contribution in [0.4, 0.5) is 0 Å². The van der Waals surface area contributed by atoms with Crippen molar-refractivity contribution in [3.63, 3.8) is 0 Å². The van der Waals surface area contributed by atoms with Gasteiger partial charge in [0.05, 0.1) is 25.7 Å². The number of nitrogens with one attached hydrogen (secondary N) is 1. The van der Waals surface area contributed by atoms with Crippen molar-refractivity contribution in [2.24, 2.45) is 0 Å². The standard InChI is InChI=1S/C10H17N3O2/c1-2-13(6-3-4-11)10(14)9-8-15-7-5-12-9/h9,12H,2-3,5-8H2,1H3. The van der Waals surface area contributed by atoms with Gasteiger partial charge in [0.2, 0.25) is 5.91 Å². The lowest BCUT2D eigenvalue weighted by Crippen LogP contribution is -2.52. The predicted octanol–water partition coefficient (Wildman–Crippen LogP) is -0.263. The Morgan fingerprint density at radius 1 is 1.73 bits per heavy atom. The van der Waals surface area contributed by atoms with Gasteiger partial charge in [-0.2, -0.15) is 5.26 Å². The van der Waals surface area contributed by atoms with Crippen molar-refractivity contribution in [3.8, 4) is 6.07 Å². The van der Waals surface area contributed by atoms with Crippen LogP contribution in [0.2, 0.25) is 0 Å². The largest absolute Gasteiger partial charge is 0.378 e. The van der Waals surface area contributed by atoms with Gasteiger partial charge >= 0.3 is 0 Å². The first-order chi connectivity index (χ1) is 7.29. The summed E-state index contributed by atoms with van der Waals surface area (Å²) in [6.07, 6.45) is 0.382. The van der Waals surface area contributed by atoms with Gasteiger partial charge in [0, 0.05) is 19.6 Å². The number of amides is 1. The fraction of sp³-hybridized carbons (Fsp3) is 0.800. The van der Waals surface area contributed by atoms with Gasteiger partial charge in [-0.25, -0.2) is 0 Å². The fourth-order valence-electron chi connectivity index (χ4n) is 1.55. The summed E-state index contributed by atoms with van der Waals surface area (Å²) in [4.78, 5) is 13.6. The Kier molecular flexibility index (Phi) is 5.08. The van der Waals surface area contributed by atoms with Crippen molar-refractivity contribution in [1.82, 2.24) is 10.2 Å². The summed E-state index contributed by atoms with van der Waals surface area (Å²) in [5.41, 5.74) is 0. The number of nitriles is 1. The van der Waals surface area contributed by atoms with E-state index < -0.39 is 0 Å². The molecule has 1 unspecified atom stereocenters. The number of rotatable bonds is 4. The summed E-state index contributed by atoms with van der Waals surface area (Å²) in [7, 11) is 0. The summed E-state index contributed by atoms with van der Waals surface area (Å²) in [6, 6.07) is 1.81. The topological polar surface area (TPSA) is 65.4 Å². The maximum atomic E-state index is 11.9. The van der Waals surface area contributed by atoms with Crippen molar-refractivity contribution in [2.75, 3.05) is 32.8 Å². The third kappa shape index (κ3) is 3.50. The summed E-state index contributed by atoms with van der Waals surface area (Å²) in [5, 5.41) is 11.6. The van der Waals surface area contributed by atoms with Gasteiger partial charge in [-0.1, -0.05) is 0 Å². The second-order valence-electron chi connectivity index (χ2n) is 3.41. The van der Waals surface area contributed by atoms with Crippen LogP contribution in [0.5, 0.6) is 0 Å². The average molecular weight is 211 g/mol. The van der Waals surface area contributed by atoms with Crippen LogP contribution >= 0.6 is 0 Å². The van der Waals surface area contributed by atoms with E-state index in [0.717, 1.165) is 0 Å². The molecule has 1 heterocycles. The molecular formula is C10H17N3O2. The Hall–Kier alpha value is -1.12. The lowest BCUT2D eigenvalue weighted by Gasteiger charge is -2.28. The van der Waals surface area contributed by atoms with E-state index in [1.807, 2.05) is 13.0 Å². The molecule has 1 saturated heterocycles. The molecule has 0 aromatic heterocycles. The second-order valence-corrected chi connectivity index (χ2v) is 3.41. The van der Waals surface area contributed by atoms with Gasteiger partial charge in [-0.05, 0) is 6.92 Å². The Morgan fingerprint density at radius 2 is 2.53 bits per heavy atom. The van der Waals surface area contributed by atoms with E-state index in [1.165, 1.54) is 0 Å². The zero-order chi connectivity index (χ0) is 11.1. The van der Waals surface area contributed by atoms with Crippen LogP contribution in [0, 0.1) is 11.3 Å². The van der Waals surface area contributed by atoms with Crippen molar-refractivity contribution >= 4 is 5.91 Å². The first-order valence-corrected chi connectivity index (χ1v) is 5.26. The molecule has 0 aromatic carbocycles. The van der Waals surface area contributed by atoms with Crippen LogP contribution in [0.1, 0.15) is 13.3 Å². The monoisotopic (exact) mass is 211 g/mol. The van der Waals surface area contributed by atoms with Gasteiger partial charge in [-0.3, -0.25) is 4.79 Å². The van der Waals surface area contributed by atoms with E-state index in [1.54, 1.807) is 4.90 Å². The zero-order valence-electron chi connectivity index (χ0n) is 9.03. The molecule has 1 rings (SSSR count). The van der Waals surface area contributed by atoms with Crippen LogP contribution in [0.3, 0.4) is 0 Å². The number of carbonyl (C=O) groups excluding carboxylic acids is 1. The van der Waals surface area contributed by atoms with E-state index in [9.17, 15) is 4.79 Å². The number of hydrogen-bond acceptors (Lipinski definition) is 4. The summed E-state index contributed by atoms with van der Waals surface area (Å²) in [5.74, 6) is 0.0347. The lowest BCUT2D eigenvalue weighted by atomic mass is 10.2. The number of ether oxygens (including phenoxy) is 1. The van der Waals surface area contributed by atoms with Crippen LogP contribution < -0.4 is 5.32 Å². The quantitative estimate of drug-likeness (QED) is 0.695. The summed E-state index contributed by atoms with van der Waals surface area (Å²) >= 11 is 0. The molecule has 0 radical (unpaired) electrons. The number of likely N-dealkylation sites (N-methyl/N-ethyl adjacent to an activating group) is 1. The second kappa shape index (κ2) is 6.38. The highest BCUT2D eigenvalue weighted by Crippen LogP contribution is 2.01. The molecule has 15 heavy (non-hydrogen) atoms. The molecule has 0 aromatic rings. The molecule has 1 aliphatic heterocycles. The smallest absolute Gasteiger partial charge is 0.242 e. The molecule has 1 fully saturated rings. The number of morpholine rings is 1. The first-order valence-electron chi connectivity index (χ1n) is 5.26. The van der Waals surface area contributed by atoms with Gasteiger partial charge in [0.1, 0.15) is 6.04 Å². The lowest BCUT2D eigenvalue weighted by molar-refractivity contribution is -0.136. The molecule has 0 spiro atoms. The Morgan fingerprint density at radius 3 is 3.07 bits per heavy atom. The SMILES string of the molecule is CCN(CCC#N)C(=O)C1COCCN1. The fourth-order valence-corrected chi connectivity index (χ4v) is 1.55. The van der Waals surface area contributed by atoms with Crippen LogP contribution in [-0.2, 0) is 9.53 Å². The number of nitrogens with zero attached hydrogens (tertiary/aromatic N) is 2. The van der Waals surface area contributed by atoms with E-state index in [4.69, 9.17) is 10.00 Å². The number of carbonyl (C=O) groups is 1. The van der Waals surface area contributed by atoms with Crippen LogP contribution in [0.15, 0.2) is 0 Å². The third-order valence-electron chi connectivity index (χ3n) is 2.41. The van der Waals surface area contributed by atoms with E-state index in [0.29, 0.717) is 39.3 Å². The Labute approximate surface area is 90.0 Å². The molecule has 0 aliphatic carbocycles. The van der Waals surface area contributed by atoms with Gasteiger partial charge in [-0.15, -0.1) is 0 Å². The molecular weight excluding hydrogens is 194 g/mol. The van der Waals surface area contributed by atoms with Crippen molar-refractivity contribution < 1.29 is 9.53 Å². The van der Waals surface area contributed by atoms with Crippen molar-refractivity contribution in [1.29, 1.82) is 5.26 Å². The normalized spacial score (nSPS) is 20.7. The molecule has 0 saturated carbocycles. The van der Waals surface area contributed by atoms with Crippen molar-refractivity contribution in [3.05, 3.63) is 0 Å². The zero-order valence-corrected chi connectivity index (χ0v) is 9.03. The average Bonchev–Trinajstić information content (AvgIpc) is 2.31. The molecule has 1 atom stereocenters. The highest BCUT2D eigenvalue weighted by molar-refractivity contribution is 5.82. The number of hydrogen-bond donors (Lipinski definition) is 1. The van der Waals surface area contributed by atoms with E-state index in [2.05, 4.69) is 5.32 Å². The van der Waals surface area contributed by atoms with E-state index in [-0.39, 0.29) is 11.9 Å². The van der Waals surface area contributed by atoms with Gasteiger partial charge in [0.15, 0.2) is 0 Å². The first kappa shape index (κ1) is 12.0. The maximum Gasteiger partial charge on any atom is 0.242 e. The predicted molar refractivity (Wildman–Crippen MR) is 55.1 cm³/mol. The molecule has 5 nitrogen and oxygen atoms in total. The van der Waals surface area contributed by atoms with Gasteiger partial charge < -0.3 is 15.0 Å². The minimum Gasteiger partial charge on any atom is -0.378 e. The molecule has 1 N–H and O–H groups in total. The van der Waals surface area contributed by atoms with Crippen LogP contribution in [-0.4, -0.2) is 49.7 Å². The van der Waals surface area contributed by atoms with Crippen LogP contribution in [0.25, 0.3) is 0 Å². The molecule has 5 heteroatoms. The Balaban J connectivity index is 2.44. The molecule has 1 aliphatic rings. The highest BCUT2D eigenvalue weighted by Gasteiger charge is 2.24. The minimum absolute atomic E-state index is 0.0347. The minimum atomic E-state index is -0.239. The highest BCUT2D eigenvalue weighted by atomic mass is 16.5. The van der Waals surface area contributed by atoms with E-state index >= 15 is 0 Å². The molecule has 0 bridgehead atoms. The summed E-state index contributed by atoms with van der Waals surface area (Å²) in [6.45, 7) is 4.86. The maximum absolute atomic E-state index is 11.9. The molecule has 1 amide bonds. The van der Waals surface area contributed by atoms with Gasteiger partial charge in [0.25, 0.3) is 0 Å². The Bertz CT molecular complexity index is 244. The molecule has 84 valence electrons. The van der Waals surface area contributed by atoms with Crippen molar-refractivity contribution in [2.45, 2.75) is 19.4 Å². The third-order valence-corrected chi connectivity index (χ3v) is 2.41. The summed E-state index contributed by atoms with van der Waals surface area (Å²) < 4.78 is 5.23.